The van der Waals surface area contributed by atoms with Crippen molar-refractivity contribution in [2.45, 2.75) is 25.8 Å². The van der Waals surface area contributed by atoms with Gasteiger partial charge in [0, 0.05) is 19.7 Å². The van der Waals surface area contributed by atoms with Crippen LogP contribution in [0.1, 0.15) is 18.9 Å². The van der Waals surface area contributed by atoms with Gasteiger partial charge in [0.1, 0.15) is 0 Å². The Morgan fingerprint density at radius 1 is 1.27 bits per heavy atom. The molecule has 0 aliphatic heterocycles. The first-order chi connectivity index (χ1) is 7.33. The predicted molar refractivity (Wildman–Crippen MR) is 64.1 cm³/mol. The second-order valence-corrected chi connectivity index (χ2v) is 3.87. The summed E-state index contributed by atoms with van der Waals surface area (Å²) in [5.41, 5.74) is 1.41. The van der Waals surface area contributed by atoms with Crippen LogP contribution in [0.2, 0.25) is 0 Å². The molecule has 1 aromatic carbocycles. The molecule has 0 bridgehead atoms. The lowest BCUT2D eigenvalue weighted by Gasteiger charge is -2.13. The zero-order valence-corrected chi connectivity index (χ0v) is 9.70. The highest BCUT2D eigenvalue weighted by Crippen LogP contribution is 2.04. The third-order valence-electron chi connectivity index (χ3n) is 2.51. The largest absolute Gasteiger partial charge is 0.383 e. The second-order valence-electron chi connectivity index (χ2n) is 3.87. The summed E-state index contributed by atoms with van der Waals surface area (Å²) in [4.78, 5) is 0. The lowest BCUT2D eigenvalue weighted by molar-refractivity contribution is 0.196. The Hall–Kier alpha value is -0.860. The van der Waals surface area contributed by atoms with Crippen molar-refractivity contribution < 1.29 is 4.74 Å². The van der Waals surface area contributed by atoms with Gasteiger partial charge in [-0.3, -0.25) is 0 Å². The van der Waals surface area contributed by atoms with E-state index in [1.54, 1.807) is 7.11 Å². The highest BCUT2D eigenvalue weighted by Gasteiger charge is 2.00. The van der Waals surface area contributed by atoms with E-state index in [-0.39, 0.29) is 0 Å². The summed E-state index contributed by atoms with van der Waals surface area (Å²) in [5, 5.41) is 3.43. The molecule has 2 nitrogen and oxygen atoms in total. The lowest BCUT2D eigenvalue weighted by Crippen LogP contribution is -2.29. The van der Waals surface area contributed by atoms with Gasteiger partial charge >= 0.3 is 0 Å². The van der Waals surface area contributed by atoms with Crippen LogP contribution < -0.4 is 5.32 Å². The fraction of sp³-hybridized carbons (Fsp3) is 0.538. The molecule has 2 heteroatoms. The smallest absolute Gasteiger partial charge is 0.0587 e. The number of hydrogen-bond acceptors (Lipinski definition) is 2. The number of ether oxygens (including phenoxy) is 1. The molecule has 0 aliphatic carbocycles. The molecule has 0 aromatic heterocycles. The average Bonchev–Trinajstić information content (AvgIpc) is 2.28. The minimum absolute atomic E-state index is 0.556. The molecule has 0 saturated carbocycles. The molecular formula is C13H21NO. The Balaban J connectivity index is 2.14. The summed E-state index contributed by atoms with van der Waals surface area (Å²) in [5.74, 6) is 0. The molecule has 0 amide bonds. The summed E-state index contributed by atoms with van der Waals surface area (Å²) in [7, 11) is 1.73. The van der Waals surface area contributed by atoms with Gasteiger partial charge in [-0.05, 0) is 25.3 Å². The summed E-state index contributed by atoms with van der Waals surface area (Å²) in [6, 6.07) is 11.2. The number of nitrogens with one attached hydrogen (secondary N) is 1. The monoisotopic (exact) mass is 207 g/mol. The molecule has 0 heterocycles. The van der Waals surface area contributed by atoms with Crippen LogP contribution in [-0.4, -0.2) is 26.3 Å². The first-order valence-corrected chi connectivity index (χ1v) is 5.59. The van der Waals surface area contributed by atoms with Crippen LogP contribution in [0, 0.1) is 0 Å². The van der Waals surface area contributed by atoms with Gasteiger partial charge in [-0.25, -0.2) is 0 Å². The van der Waals surface area contributed by atoms with Crippen LogP contribution in [0.5, 0.6) is 0 Å². The summed E-state index contributed by atoms with van der Waals surface area (Å²) < 4.78 is 4.99. The van der Waals surface area contributed by atoms with E-state index in [4.69, 9.17) is 4.74 Å². The van der Waals surface area contributed by atoms with E-state index in [1.165, 1.54) is 12.0 Å². The third kappa shape index (κ3) is 5.55. The van der Waals surface area contributed by atoms with Gasteiger partial charge in [0.2, 0.25) is 0 Å². The lowest BCUT2D eigenvalue weighted by atomic mass is 10.1. The van der Waals surface area contributed by atoms with Crippen molar-refractivity contribution in [2.24, 2.45) is 0 Å². The second kappa shape index (κ2) is 7.43. The molecule has 0 spiro atoms. The standard InChI is InChI=1S/C13H21NO/c1-12(14-10-11-15-2)8-9-13-6-4-3-5-7-13/h3-7,12,14H,8-11H2,1-2H3/t12-/m0/s1. The molecule has 0 aliphatic rings. The summed E-state index contributed by atoms with van der Waals surface area (Å²) >= 11 is 0. The highest BCUT2D eigenvalue weighted by atomic mass is 16.5. The number of rotatable bonds is 7. The molecular weight excluding hydrogens is 186 g/mol. The summed E-state index contributed by atoms with van der Waals surface area (Å²) in [6.07, 6.45) is 2.32. The van der Waals surface area contributed by atoms with Crippen LogP contribution in [0.4, 0.5) is 0 Å². The SMILES string of the molecule is COCCN[C@@H](C)CCc1ccccc1. The van der Waals surface area contributed by atoms with Crippen LogP contribution in [0.25, 0.3) is 0 Å². The minimum atomic E-state index is 0.556. The third-order valence-corrected chi connectivity index (χ3v) is 2.51. The predicted octanol–water partition coefficient (Wildman–Crippen LogP) is 2.24. The normalized spacial score (nSPS) is 12.7. The van der Waals surface area contributed by atoms with E-state index < -0.39 is 0 Å². The number of aryl methyl sites for hydroxylation is 1. The van der Waals surface area contributed by atoms with Crippen molar-refractivity contribution >= 4 is 0 Å². The fourth-order valence-electron chi connectivity index (χ4n) is 1.54. The number of methoxy groups -OCH3 is 1. The minimum Gasteiger partial charge on any atom is -0.383 e. The average molecular weight is 207 g/mol. The topological polar surface area (TPSA) is 21.3 Å². The fourth-order valence-corrected chi connectivity index (χ4v) is 1.54. The molecule has 84 valence electrons. The molecule has 1 N–H and O–H groups in total. The molecule has 1 atom stereocenters. The Morgan fingerprint density at radius 2 is 2.00 bits per heavy atom. The summed E-state index contributed by atoms with van der Waals surface area (Å²) in [6.45, 7) is 3.95. The Bertz CT molecular complexity index is 248. The van der Waals surface area contributed by atoms with Crippen LogP contribution >= 0.6 is 0 Å². The van der Waals surface area contributed by atoms with Gasteiger partial charge in [0.05, 0.1) is 6.61 Å². The highest BCUT2D eigenvalue weighted by molar-refractivity contribution is 5.14. The van der Waals surface area contributed by atoms with Gasteiger partial charge in [0.15, 0.2) is 0 Å². The van der Waals surface area contributed by atoms with Crippen molar-refractivity contribution in [3.05, 3.63) is 35.9 Å². The van der Waals surface area contributed by atoms with Crippen LogP contribution in [0.15, 0.2) is 30.3 Å². The van der Waals surface area contributed by atoms with Crippen molar-refractivity contribution in [1.82, 2.24) is 5.32 Å². The van der Waals surface area contributed by atoms with Crippen LogP contribution in [0.3, 0.4) is 0 Å². The van der Waals surface area contributed by atoms with Crippen molar-refractivity contribution in [2.75, 3.05) is 20.3 Å². The molecule has 1 rings (SSSR count). The van der Waals surface area contributed by atoms with E-state index in [2.05, 4.69) is 42.6 Å². The molecule has 0 unspecified atom stereocenters. The van der Waals surface area contributed by atoms with Crippen molar-refractivity contribution in [3.63, 3.8) is 0 Å². The van der Waals surface area contributed by atoms with E-state index in [9.17, 15) is 0 Å². The molecule has 0 fully saturated rings. The molecule has 0 saturated heterocycles. The first kappa shape index (κ1) is 12.2. The Labute approximate surface area is 92.6 Å². The van der Waals surface area contributed by atoms with Gasteiger partial charge in [-0.2, -0.15) is 0 Å². The van der Waals surface area contributed by atoms with Crippen molar-refractivity contribution in [3.8, 4) is 0 Å². The maximum Gasteiger partial charge on any atom is 0.0587 e. The van der Waals surface area contributed by atoms with Gasteiger partial charge in [-0.15, -0.1) is 0 Å². The first-order valence-electron chi connectivity index (χ1n) is 5.59. The van der Waals surface area contributed by atoms with E-state index >= 15 is 0 Å². The maximum absolute atomic E-state index is 4.99. The zero-order valence-electron chi connectivity index (χ0n) is 9.70. The zero-order chi connectivity index (χ0) is 10.9. The van der Waals surface area contributed by atoms with Crippen LogP contribution in [-0.2, 0) is 11.2 Å². The number of hydrogen-bond donors (Lipinski definition) is 1. The quantitative estimate of drug-likeness (QED) is 0.692. The van der Waals surface area contributed by atoms with E-state index in [0.717, 1.165) is 19.6 Å². The molecule has 1 aromatic rings. The maximum atomic E-state index is 4.99. The van der Waals surface area contributed by atoms with Gasteiger partial charge in [-0.1, -0.05) is 30.3 Å². The number of benzene rings is 1. The van der Waals surface area contributed by atoms with E-state index in [1.807, 2.05) is 0 Å². The van der Waals surface area contributed by atoms with Gasteiger partial charge in [0.25, 0.3) is 0 Å². The van der Waals surface area contributed by atoms with E-state index in [0.29, 0.717) is 6.04 Å². The Kier molecular flexibility index (Phi) is 6.05. The molecule has 0 radical (unpaired) electrons. The van der Waals surface area contributed by atoms with Gasteiger partial charge < -0.3 is 10.1 Å². The molecule has 15 heavy (non-hydrogen) atoms. The van der Waals surface area contributed by atoms with Crippen molar-refractivity contribution in [1.29, 1.82) is 0 Å². The Morgan fingerprint density at radius 3 is 2.67 bits per heavy atom.